The molecule has 0 amide bonds. The largest absolute Gasteiger partial charge is 0.327 e. The number of rotatable bonds is 3. The SMILES string of the molecule is CC1(C(N)Cc2ccc(Br)cc2F)CCCC1. The van der Waals surface area contributed by atoms with E-state index in [2.05, 4.69) is 22.9 Å². The number of hydrogen-bond acceptors (Lipinski definition) is 1. The zero-order valence-corrected chi connectivity index (χ0v) is 11.8. The number of halogens is 2. The van der Waals surface area contributed by atoms with Crippen LogP contribution in [0.2, 0.25) is 0 Å². The molecule has 1 nitrogen and oxygen atoms in total. The molecule has 1 atom stereocenters. The van der Waals surface area contributed by atoms with Gasteiger partial charge in [0.05, 0.1) is 0 Å². The molecule has 0 saturated heterocycles. The maximum atomic E-state index is 13.7. The molecule has 0 aliphatic heterocycles. The minimum Gasteiger partial charge on any atom is -0.327 e. The van der Waals surface area contributed by atoms with Gasteiger partial charge in [-0.2, -0.15) is 0 Å². The van der Waals surface area contributed by atoms with Gasteiger partial charge >= 0.3 is 0 Å². The highest BCUT2D eigenvalue weighted by Gasteiger charge is 2.34. The molecule has 94 valence electrons. The van der Waals surface area contributed by atoms with Crippen LogP contribution < -0.4 is 5.73 Å². The summed E-state index contributed by atoms with van der Waals surface area (Å²) in [7, 11) is 0. The van der Waals surface area contributed by atoms with Crippen LogP contribution in [0.15, 0.2) is 22.7 Å². The summed E-state index contributed by atoms with van der Waals surface area (Å²) in [5.41, 5.74) is 7.20. The van der Waals surface area contributed by atoms with Gasteiger partial charge in [-0.1, -0.05) is 41.8 Å². The van der Waals surface area contributed by atoms with Gasteiger partial charge in [-0.25, -0.2) is 4.39 Å². The molecule has 1 aliphatic carbocycles. The molecule has 0 aromatic heterocycles. The van der Waals surface area contributed by atoms with E-state index >= 15 is 0 Å². The summed E-state index contributed by atoms with van der Waals surface area (Å²) >= 11 is 3.27. The molecule has 2 N–H and O–H groups in total. The third-order valence-electron chi connectivity index (χ3n) is 4.10. The van der Waals surface area contributed by atoms with Crippen molar-refractivity contribution in [2.24, 2.45) is 11.1 Å². The van der Waals surface area contributed by atoms with Crippen molar-refractivity contribution in [1.82, 2.24) is 0 Å². The molecular formula is C14H19BrFN. The second kappa shape index (κ2) is 5.07. The van der Waals surface area contributed by atoms with Crippen molar-refractivity contribution in [1.29, 1.82) is 0 Å². The zero-order valence-electron chi connectivity index (χ0n) is 10.2. The first-order valence-corrected chi connectivity index (χ1v) is 7.00. The van der Waals surface area contributed by atoms with Gasteiger partial charge in [0.2, 0.25) is 0 Å². The molecule has 1 aliphatic rings. The summed E-state index contributed by atoms with van der Waals surface area (Å²) in [6.07, 6.45) is 5.49. The lowest BCUT2D eigenvalue weighted by Gasteiger charge is -2.31. The second-order valence-electron chi connectivity index (χ2n) is 5.41. The van der Waals surface area contributed by atoms with Crippen molar-refractivity contribution >= 4 is 15.9 Å². The van der Waals surface area contributed by atoms with Crippen molar-refractivity contribution in [2.45, 2.75) is 45.1 Å². The van der Waals surface area contributed by atoms with Gasteiger partial charge in [0, 0.05) is 10.5 Å². The molecule has 1 fully saturated rings. The quantitative estimate of drug-likeness (QED) is 0.896. The number of benzene rings is 1. The molecule has 1 saturated carbocycles. The van der Waals surface area contributed by atoms with E-state index in [0.29, 0.717) is 6.42 Å². The number of nitrogens with two attached hydrogens (primary N) is 1. The third-order valence-corrected chi connectivity index (χ3v) is 4.59. The first-order valence-electron chi connectivity index (χ1n) is 6.21. The Labute approximate surface area is 111 Å². The maximum absolute atomic E-state index is 13.7. The Morgan fingerprint density at radius 2 is 2.06 bits per heavy atom. The smallest absolute Gasteiger partial charge is 0.127 e. The molecule has 0 heterocycles. The lowest BCUT2D eigenvalue weighted by atomic mass is 9.78. The Morgan fingerprint density at radius 1 is 1.41 bits per heavy atom. The normalized spacial score (nSPS) is 20.5. The van der Waals surface area contributed by atoms with Crippen LogP contribution in [0.3, 0.4) is 0 Å². The zero-order chi connectivity index (χ0) is 12.5. The van der Waals surface area contributed by atoms with E-state index in [0.717, 1.165) is 10.0 Å². The summed E-state index contributed by atoms with van der Waals surface area (Å²) in [5.74, 6) is -0.156. The van der Waals surface area contributed by atoms with E-state index in [1.807, 2.05) is 12.1 Å². The van der Waals surface area contributed by atoms with Crippen LogP contribution in [0.5, 0.6) is 0 Å². The number of hydrogen-bond donors (Lipinski definition) is 1. The van der Waals surface area contributed by atoms with Crippen LogP contribution in [0, 0.1) is 11.2 Å². The summed E-state index contributed by atoms with van der Waals surface area (Å²) in [6.45, 7) is 2.24. The van der Waals surface area contributed by atoms with Crippen LogP contribution in [0.4, 0.5) is 4.39 Å². The van der Waals surface area contributed by atoms with Crippen molar-refractivity contribution in [3.63, 3.8) is 0 Å². The first-order chi connectivity index (χ1) is 8.01. The highest BCUT2D eigenvalue weighted by atomic mass is 79.9. The summed E-state index contributed by atoms with van der Waals surface area (Å²) in [5, 5.41) is 0. The molecule has 1 aromatic rings. The Morgan fingerprint density at radius 3 is 2.65 bits per heavy atom. The van der Waals surface area contributed by atoms with E-state index in [1.165, 1.54) is 31.7 Å². The summed E-state index contributed by atoms with van der Waals surface area (Å²) in [4.78, 5) is 0. The lowest BCUT2D eigenvalue weighted by Crippen LogP contribution is -2.39. The van der Waals surface area contributed by atoms with Crippen molar-refractivity contribution < 1.29 is 4.39 Å². The van der Waals surface area contributed by atoms with E-state index in [1.54, 1.807) is 0 Å². The van der Waals surface area contributed by atoms with Gasteiger partial charge in [-0.05, 0) is 42.4 Å². The third kappa shape index (κ3) is 2.89. The average Bonchev–Trinajstić information content (AvgIpc) is 2.71. The molecule has 3 heteroatoms. The molecule has 2 rings (SSSR count). The molecule has 0 radical (unpaired) electrons. The second-order valence-corrected chi connectivity index (χ2v) is 6.32. The Bertz CT molecular complexity index is 399. The Balaban J connectivity index is 2.10. The first kappa shape index (κ1) is 13.0. The van der Waals surface area contributed by atoms with Crippen molar-refractivity contribution in [3.05, 3.63) is 34.1 Å². The molecule has 0 bridgehead atoms. The van der Waals surface area contributed by atoms with Gasteiger partial charge in [0.25, 0.3) is 0 Å². The fourth-order valence-electron chi connectivity index (χ4n) is 2.72. The van der Waals surface area contributed by atoms with Gasteiger partial charge in [0.1, 0.15) is 5.82 Å². The molecule has 17 heavy (non-hydrogen) atoms. The molecule has 0 spiro atoms. The van der Waals surface area contributed by atoms with E-state index in [4.69, 9.17) is 5.73 Å². The topological polar surface area (TPSA) is 26.0 Å². The fraction of sp³-hybridized carbons (Fsp3) is 0.571. The Kier molecular flexibility index (Phi) is 3.88. The summed E-state index contributed by atoms with van der Waals surface area (Å²) < 4.78 is 14.5. The molecule has 1 unspecified atom stereocenters. The standard InChI is InChI=1S/C14H19BrFN/c1-14(6-2-3-7-14)13(17)8-10-4-5-11(15)9-12(10)16/h4-5,9,13H,2-3,6-8,17H2,1H3. The predicted molar refractivity (Wildman–Crippen MR) is 72.4 cm³/mol. The van der Waals surface area contributed by atoms with Gasteiger partial charge in [0.15, 0.2) is 0 Å². The van der Waals surface area contributed by atoms with Crippen molar-refractivity contribution in [3.8, 4) is 0 Å². The minimum atomic E-state index is -0.156. The highest BCUT2D eigenvalue weighted by Crippen LogP contribution is 2.40. The van der Waals surface area contributed by atoms with E-state index < -0.39 is 0 Å². The van der Waals surface area contributed by atoms with Crippen LogP contribution in [0.1, 0.15) is 38.2 Å². The summed E-state index contributed by atoms with van der Waals surface area (Å²) in [6, 6.07) is 5.28. The molecule has 1 aromatic carbocycles. The maximum Gasteiger partial charge on any atom is 0.127 e. The van der Waals surface area contributed by atoms with Crippen LogP contribution in [-0.4, -0.2) is 6.04 Å². The highest BCUT2D eigenvalue weighted by molar-refractivity contribution is 9.10. The molecular weight excluding hydrogens is 281 g/mol. The van der Waals surface area contributed by atoms with Gasteiger partial charge in [-0.3, -0.25) is 0 Å². The predicted octanol–water partition coefficient (Wildman–Crippen LogP) is 4.04. The van der Waals surface area contributed by atoms with Gasteiger partial charge < -0.3 is 5.73 Å². The van der Waals surface area contributed by atoms with E-state index in [9.17, 15) is 4.39 Å². The van der Waals surface area contributed by atoms with E-state index in [-0.39, 0.29) is 17.3 Å². The minimum absolute atomic E-state index is 0.0562. The lowest BCUT2D eigenvalue weighted by molar-refractivity contribution is 0.259. The van der Waals surface area contributed by atoms with Crippen molar-refractivity contribution in [2.75, 3.05) is 0 Å². The Hall–Kier alpha value is -0.410. The van der Waals surface area contributed by atoms with Gasteiger partial charge in [-0.15, -0.1) is 0 Å². The van der Waals surface area contributed by atoms with Crippen LogP contribution in [0.25, 0.3) is 0 Å². The van der Waals surface area contributed by atoms with Crippen LogP contribution >= 0.6 is 15.9 Å². The fourth-order valence-corrected chi connectivity index (χ4v) is 3.06. The van der Waals surface area contributed by atoms with Crippen LogP contribution in [-0.2, 0) is 6.42 Å². The average molecular weight is 300 g/mol. The monoisotopic (exact) mass is 299 g/mol.